The van der Waals surface area contributed by atoms with Gasteiger partial charge in [-0.05, 0) is 37.9 Å². The number of anilines is 1. The minimum absolute atomic E-state index is 0.0726. The van der Waals surface area contributed by atoms with Gasteiger partial charge in [0.15, 0.2) is 5.15 Å². The summed E-state index contributed by atoms with van der Waals surface area (Å²) in [5, 5.41) is 6.47. The molecule has 1 aliphatic heterocycles. The first-order valence-electron chi connectivity index (χ1n) is 5.45. The average Bonchev–Trinajstić information content (AvgIpc) is 2.76. The first kappa shape index (κ1) is 12.6. The molecule has 0 aliphatic carbocycles. The van der Waals surface area contributed by atoms with E-state index in [2.05, 4.69) is 15.6 Å². The highest BCUT2D eigenvalue weighted by atomic mass is 35.5. The minimum atomic E-state index is -0.138. The maximum atomic E-state index is 11.9. The Morgan fingerprint density at radius 3 is 2.94 bits per heavy atom. The molecule has 1 atom stereocenters. The summed E-state index contributed by atoms with van der Waals surface area (Å²) in [5.41, 5.74) is 1.34. The molecular formula is C11H13Cl2N3O. The summed E-state index contributed by atoms with van der Waals surface area (Å²) in [6.07, 6.45) is 1.87. The normalized spacial score (nSPS) is 19.4. The molecule has 4 nitrogen and oxygen atoms in total. The highest BCUT2D eigenvalue weighted by Crippen LogP contribution is 2.26. The van der Waals surface area contributed by atoms with Gasteiger partial charge in [-0.3, -0.25) is 4.79 Å². The SMILES string of the molecule is Cc1cc(Cl)nc(Cl)c1NC(=O)[C@@H]1CCCN1. The van der Waals surface area contributed by atoms with Crippen LogP contribution < -0.4 is 10.6 Å². The van der Waals surface area contributed by atoms with Gasteiger partial charge in [0.2, 0.25) is 5.91 Å². The monoisotopic (exact) mass is 273 g/mol. The van der Waals surface area contributed by atoms with Gasteiger partial charge >= 0.3 is 0 Å². The Bertz CT molecular complexity index is 421. The van der Waals surface area contributed by atoms with Crippen LogP contribution >= 0.6 is 23.2 Å². The number of amides is 1. The van der Waals surface area contributed by atoms with Crippen LogP contribution in [0.15, 0.2) is 6.07 Å². The Balaban J connectivity index is 2.15. The number of carbonyl (C=O) groups is 1. The number of aromatic nitrogens is 1. The van der Waals surface area contributed by atoms with Crippen molar-refractivity contribution in [2.45, 2.75) is 25.8 Å². The Morgan fingerprint density at radius 1 is 1.59 bits per heavy atom. The number of rotatable bonds is 2. The van der Waals surface area contributed by atoms with Crippen LogP contribution in [0.25, 0.3) is 0 Å². The third-order valence-corrected chi connectivity index (χ3v) is 3.23. The van der Waals surface area contributed by atoms with E-state index in [0.29, 0.717) is 10.8 Å². The second-order valence-electron chi connectivity index (χ2n) is 4.07. The summed E-state index contributed by atoms with van der Waals surface area (Å²) < 4.78 is 0. The predicted octanol–water partition coefficient (Wildman–Crippen LogP) is 2.39. The van der Waals surface area contributed by atoms with Crippen molar-refractivity contribution in [3.05, 3.63) is 21.9 Å². The van der Waals surface area contributed by atoms with Crippen LogP contribution in [0.1, 0.15) is 18.4 Å². The first-order valence-corrected chi connectivity index (χ1v) is 6.20. The van der Waals surface area contributed by atoms with Crippen molar-refractivity contribution < 1.29 is 4.79 Å². The van der Waals surface area contributed by atoms with Crippen molar-refractivity contribution in [1.29, 1.82) is 0 Å². The summed E-state index contributed by atoms with van der Waals surface area (Å²) in [6.45, 7) is 2.71. The van der Waals surface area contributed by atoms with Crippen molar-refractivity contribution in [2.24, 2.45) is 0 Å². The van der Waals surface area contributed by atoms with E-state index in [0.717, 1.165) is 24.9 Å². The standard InChI is InChI=1S/C11H13Cl2N3O/c1-6-5-8(12)15-10(13)9(6)16-11(17)7-3-2-4-14-7/h5,7,14H,2-4H2,1H3,(H,16,17)/t7-/m0/s1. The average molecular weight is 274 g/mol. The van der Waals surface area contributed by atoms with Crippen LogP contribution in [0.5, 0.6) is 0 Å². The van der Waals surface area contributed by atoms with Gasteiger partial charge in [-0.15, -0.1) is 0 Å². The van der Waals surface area contributed by atoms with Crippen LogP contribution in [0, 0.1) is 6.92 Å². The lowest BCUT2D eigenvalue weighted by Gasteiger charge is -2.13. The summed E-state index contributed by atoms with van der Waals surface area (Å²) in [4.78, 5) is 15.8. The molecule has 0 radical (unpaired) electrons. The molecule has 0 saturated carbocycles. The fourth-order valence-electron chi connectivity index (χ4n) is 1.86. The van der Waals surface area contributed by atoms with Crippen LogP contribution in [0.2, 0.25) is 10.3 Å². The lowest BCUT2D eigenvalue weighted by Crippen LogP contribution is -2.35. The zero-order valence-corrected chi connectivity index (χ0v) is 10.9. The largest absolute Gasteiger partial charge is 0.322 e. The van der Waals surface area contributed by atoms with Gasteiger partial charge in [0.05, 0.1) is 11.7 Å². The molecule has 1 aliphatic rings. The van der Waals surface area contributed by atoms with Crippen molar-refractivity contribution in [2.75, 3.05) is 11.9 Å². The van der Waals surface area contributed by atoms with E-state index in [-0.39, 0.29) is 17.1 Å². The lowest BCUT2D eigenvalue weighted by molar-refractivity contribution is -0.117. The molecule has 1 fully saturated rings. The van der Waals surface area contributed by atoms with Crippen LogP contribution in [0.4, 0.5) is 5.69 Å². The summed E-state index contributed by atoms with van der Waals surface area (Å²) in [5.74, 6) is -0.0726. The van der Waals surface area contributed by atoms with E-state index in [1.165, 1.54) is 0 Å². The molecule has 17 heavy (non-hydrogen) atoms. The van der Waals surface area contributed by atoms with Gasteiger partial charge in [-0.2, -0.15) is 0 Å². The quantitative estimate of drug-likeness (QED) is 0.814. The van der Waals surface area contributed by atoms with E-state index >= 15 is 0 Å². The smallest absolute Gasteiger partial charge is 0.241 e. The Labute approximate surface area is 110 Å². The number of hydrogen-bond donors (Lipinski definition) is 2. The molecule has 2 N–H and O–H groups in total. The van der Waals surface area contributed by atoms with Crippen LogP contribution in [-0.4, -0.2) is 23.5 Å². The van der Waals surface area contributed by atoms with E-state index in [4.69, 9.17) is 23.2 Å². The molecule has 1 aromatic heterocycles. The number of nitrogens with one attached hydrogen (secondary N) is 2. The Morgan fingerprint density at radius 2 is 2.35 bits per heavy atom. The zero-order chi connectivity index (χ0) is 12.4. The highest BCUT2D eigenvalue weighted by Gasteiger charge is 2.23. The number of halogens is 2. The molecular weight excluding hydrogens is 261 g/mol. The van der Waals surface area contributed by atoms with Gasteiger partial charge in [-0.25, -0.2) is 4.98 Å². The van der Waals surface area contributed by atoms with E-state index in [1.807, 2.05) is 6.92 Å². The number of carbonyl (C=O) groups excluding carboxylic acids is 1. The van der Waals surface area contributed by atoms with Gasteiger partial charge in [0, 0.05) is 0 Å². The topological polar surface area (TPSA) is 54.0 Å². The van der Waals surface area contributed by atoms with Gasteiger partial charge in [-0.1, -0.05) is 23.2 Å². The highest BCUT2D eigenvalue weighted by molar-refractivity contribution is 6.34. The van der Waals surface area contributed by atoms with Crippen LogP contribution in [-0.2, 0) is 4.79 Å². The van der Waals surface area contributed by atoms with Crippen molar-refractivity contribution >= 4 is 34.8 Å². The predicted molar refractivity (Wildman–Crippen MR) is 68.6 cm³/mol. The number of nitrogens with zero attached hydrogens (tertiary/aromatic N) is 1. The van der Waals surface area contributed by atoms with Crippen molar-refractivity contribution in [1.82, 2.24) is 10.3 Å². The van der Waals surface area contributed by atoms with Crippen LogP contribution in [0.3, 0.4) is 0 Å². The molecule has 0 aromatic carbocycles. The van der Waals surface area contributed by atoms with E-state index in [1.54, 1.807) is 6.07 Å². The van der Waals surface area contributed by atoms with Gasteiger partial charge < -0.3 is 10.6 Å². The third kappa shape index (κ3) is 2.89. The molecule has 0 bridgehead atoms. The van der Waals surface area contributed by atoms with Crippen molar-refractivity contribution in [3.63, 3.8) is 0 Å². The van der Waals surface area contributed by atoms with E-state index < -0.39 is 0 Å². The Kier molecular flexibility index (Phi) is 3.86. The summed E-state index contributed by atoms with van der Waals surface area (Å²) in [6, 6.07) is 1.53. The third-order valence-electron chi connectivity index (χ3n) is 2.77. The molecule has 2 rings (SSSR count). The van der Waals surface area contributed by atoms with Gasteiger partial charge in [0.25, 0.3) is 0 Å². The molecule has 1 amide bonds. The molecule has 92 valence electrons. The number of pyridine rings is 1. The second-order valence-corrected chi connectivity index (χ2v) is 4.81. The fourth-order valence-corrected chi connectivity index (χ4v) is 2.44. The Hall–Kier alpha value is -0.840. The number of aryl methyl sites for hydroxylation is 1. The molecule has 0 unspecified atom stereocenters. The lowest BCUT2D eigenvalue weighted by atomic mass is 10.2. The second kappa shape index (κ2) is 5.21. The molecule has 0 spiro atoms. The van der Waals surface area contributed by atoms with Gasteiger partial charge in [0.1, 0.15) is 5.15 Å². The molecule has 6 heteroatoms. The maximum absolute atomic E-state index is 11.9. The molecule has 1 aromatic rings. The molecule has 1 saturated heterocycles. The van der Waals surface area contributed by atoms with E-state index in [9.17, 15) is 4.79 Å². The zero-order valence-electron chi connectivity index (χ0n) is 9.39. The summed E-state index contributed by atoms with van der Waals surface area (Å²) >= 11 is 11.7. The first-order chi connectivity index (χ1) is 8.08. The van der Waals surface area contributed by atoms with Crippen molar-refractivity contribution in [3.8, 4) is 0 Å². The number of hydrogen-bond acceptors (Lipinski definition) is 3. The minimum Gasteiger partial charge on any atom is -0.322 e. The fraction of sp³-hybridized carbons (Fsp3) is 0.455. The maximum Gasteiger partial charge on any atom is 0.241 e. The summed E-state index contributed by atoms with van der Waals surface area (Å²) in [7, 11) is 0. The molecule has 2 heterocycles.